The fraction of sp³-hybridized carbons (Fsp3) is 0.0833. The number of nitrogens with two attached hydrogens (primary N) is 1. The molecule has 75 valence electrons. The Labute approximate surface area is 93.7 Å². The van der Waals surface area contributed by atoms with Gasteiger partial charge in [0, 0.05) is 29.4 Å². The lowest BCUT2D eigenvalue weighted by molar-refractivity contribution is 1.07. The zero-order valence-corrected chi connectivity index (χ0v) is 8.83. The highest BCUT2D eigenvalue weighted by atomic mass is 35.5. The van der Waals surface area contributed by atoms with E-state index in [1.165, 1.54) is 0 Å². The molecule has 3 heteroatoms. The van der Waals surface area contributed by atoms with Gasteiger partial charge in [-0.3, -0.25) is 4.98 Å². The van der Waals surface area contributed by atoms with Crippen LogP contribution in [-0.4, -0.2) is 4.98 Å². The summed E-state index contributed by atoms with van der Waals surface area (Å²) in [5.74, 6) is 0. The Balaban J connectivity index is 2.46. The maximum atomic E-state index is 5.98. The standard InChI is InChI=1S/C12H10ClN2/c13-11-5-4-9(7-10(11)8-14)12-3-1-2-6-15-12/h1,3-7H,8,14H2. The van der Waals surface area contributed by atoms with Crippen molar-refractivity contribution in [2.45, 2.75) is 6.54 Å². The molecule has 2 aromatic rings. The summed E-state index contributed by atoms with van der Waals surface area (Å²) in [5, 5.41) is 0.698. The molecule has 2 N–H and O–H groups in total. The van der Waals surface area contributed by atoms with Gasteiger partial charge in [0.2, 0.25) is 0 Å². The third kappa shape index (κ3) is 2.17. The van der Waals surface area contributed by atoms with Crippen LogP contribution >= 0.6 is 11.6 Å². The summed E-state index contributed by atoms with van der Waals surface area (Å²) < 4.78 is 0. The predicted molar refractivity (Wildman–Crippen MR) is 61.4 cm³/mol. The van der Waals surface area contributed by atoms with E-state index < -0.39 is 0 Å². The Morgan fingerprint density at radius 3 is 2.87 bits per heavy atom. The van der Waals surface area contributed by atoms with Gasteiger partial charge in [-0.2, -0.15) is 0 Å². The topological polar surface area (TPSA) is 38.9 Å². The predicted octanol–water partition coefficient (Wildman–Crippen LogP) is 2.66. The molecule has 0 amide bonds. The van der Waals surface area contributed by atoms with Crippen LogP contribution in [0.15, 0.2) is 36.5 Å². The normalized spacial score (nSPS) is 10.3. The molecule has 0 saturated heterocycles. The highest BCUT2D eigenvalue weighted by Crippen LogP contribution is 2.23. The number of hydrogen-bond donors (Lipinski definition) is 1. The molecule has 0 unspecified atom stereocenters. The lowest BCUT2D eigenvalue weighted by Crippen LogP contribution is -1.97. The van der Waals surface area contributed by atoms with Crippen molar-refractivity contribution in [3.05, 3.63) is 53.2 Å². The first kappa shape index (κ1) is 10.1. The Morgan fingerprint density at radius 1 is 1.33 bits per heavy atom. The van der Waals surface area contributed by atoms with Crippen LogP contribution in [0.5, 0.6) is 0 Å². The van der Waals surface area contributed by atoms with Crippen molar-refractivity contribution in [2.75, 3.05) is 0 Å². The summed E-state index contributed by atoms with van der Waals surface area (Å²) in [6, 6.07) is 12.4. The number of halogens is 1. The first-order valence-electron chi connectivity index (χ1n) is 4.62. The molecule has 0 fully saturated rings. The van der Waals surface area contributed by atoms with Gasteiger partial charge in [-0.25, -0.2) is 0 Å². The Hall–Kier alpha value is -1.38. The summed E-state index contributed by atoms with van der Waals surface area (Å²) >= 11 is 5.98. The average molecular weight is 218 g/mol. The molecule has 1 radical (unpaired) electrons. The molecular formula is C12H10ClN2. The summed E-state index contributed by atoms with van der Waals surface area (Å²) in [4.78, 5) is 4.21. The highest BCUT2D eigenvalue weighted by Gasteiger charge is 2.02. The van der Waals surface area contributed by atoms with E-state index in [9.17, 15) is 0 Å². The summed E-state index contributed by atoms with van der Waals surface area (Å²) in [7, 11) is 0. The zero-order chi connectivity index (χ0) is 10.7. The van der Waals surface area contributed by atoms with Crippen LogP contribution in [-0.2, 0) is 6.54 Å². The van der Waals surface area contributed by atoms with E-state index in [0.29, 0.717) is 11.6 Å². The Kier molecular flexibility index (Phi) is 2.99. The van der Waals surface area contributed by atoms with Gasteiger partial charge in [0.15, 0.2) is 0 Å². The van der Waals surface area contributed by atoms with Gasteiger partial charge in [0.25, 0.3) is 0 Å². The minimum atomic E-state index is 0.436. The second-order valence-corrected chi connectivity index (χ2v) is 3.56. The van der Waals surface area contributed by atoms with Crippen LogP contribution in [0.3, 0.4) is 0 Å². The van der Waals surface area contributed by atoms with Gasteiger partial charge in [-0.1, -0.05) is 23.7 Å². The molecule has 0 atom stereocenters. The number of hydrogen-bond acceptors (Lipinski definition) is 2. The van der Waals surface area contributed by atoms with Gasteiger partial charge in [-0.15, -0.1) is 0 Å². The molecule has 0 spiro atoms. The molecule has 0 bridgehead atoms. The second kappa shape index (κ2) is 4.43. The van der Waals surface area contributed by atoms with E-state index in [0.717, 1.165) is 16.8 Å². The summed E-state index contributed by atoms with van der Waals surface area (Å²) in [6.07, 6.45) is 1.64. The smallest absolute Gasteiger partial charge is 0.0702 e. The quantitative estimate of drug-likeness (QED) is 0.840. The summed E-state index contributed by atoms with van der Waals surface area (Å²) in [6.45, 7) is 0.436. The van der Waals surface area contributed by atoms with Crippen LogP contribution in [0.1, 0.15) is 5.56 Å². The third-order valence-electron chi connectivity index (χ3n) is 2.18. The maximum absolute atomic E-state index is 5.98. The molecule has 15 heavy (non-hydrogen) atoms. The van der Waals surface area contributed by atoms with Crippen LogP contribution in [0.25, 0.3) is 11.3 Å². The number of aromatic nitrogens is 1. The van der Waals surface area contributed by atoms with E-state index in [2.05, 4.69) is 11.1 Å². The van der Waals surface area contributed by atoms with Crippen molar-refractivity contribution in [2.24, 2.45) is 5.73 Å². The number of rotatable bonds is 2. The fourth-order valence-corrected chi connectivity index (χ4v) is 1.58. The van der Waals surface area contributed by atoms with E-state index >= 15 is 0 Å². The number of pyridine rings is 1. The lowest BCUT2D eigenvalue weighted by atomic mass is 10.1. The average Bonchev–Trinajstić information content (AvgIpc) is 2.31. The van der Waals surface area contributed by atoms with Gasteiger partial charge < -0.3 is 5.73 Å². The van der Waals surface area contributed by atoms with Gasteiger partial charge in [0.05, 0.1) is 5.69 Å². The van der Waals surface area contributed by atoms with Crippen molar-refractivity contribution in [3.8, 4) is 11.3 Å². The first-order valence-corrected chi connectivity index (χ1v) is 5.00. The fourth-order valence-electron chi connectivity index (χ4n) is 1.38. The van der Waals surface area contributed by atoms with Crippen molar-refractivity contribution < 1.29 is 0 Å². The number of nitrogens with zero attached hydrogens (tertiary/aromatic N) is 1. The molecule has 1 heterocycles. The van der Waals surface area contributed by atoms with Crippen molar-refractivity contribution in [1.82, 2.24) is 4.98 Å². The Morgan fingerprint density at radius 2 is 2.20 bits per heavy atom. The van der Waals surface area contributed by atoms with Crippen LogP contribution in [0.2, 0.25) is 5.02 Å². The van der Waals surface area contributed by atoms with Crippen molar-refractivity contribution in [3.63, 3.8) is 0 Å². The van der Waals surface area contributed by atoms with E-state index in [1.54, 1.807) is 6.20 Å². The maximum Gasteiger partial charge on any atom is 0.0702 e. The first-order chi connectivity index (χ1) is 7.31. The minimum Gasteiger partial charge on any atom is -0.326 e. The van der Waals surface area contributed by atoms with Gasteiger partial charge in [-0.05, 0) is 23.8 Å². The SMILES string of the molecule is NCc1cc(-c2cc[c]cn2)ccc1Cl. The lowest BCUT2D eigenvalue weighted by Gasteiger charge is -2.04. The Bertz CT molecular complexity index is 454. The number of benzene rings is 1. The van der Waals surface area contributed by atoms with Crippen LogP contribution in [0.4, 0.5) is 0 Å². The molecule has 0 aliphatic carbocycles. The molecule has 0 aliphatic heterocycles. The van der Waals surface area contributed by atoms with Crippen molar-refractivity contribution in [1.29, 1.82) is 0 Å². The molecule has 1 aromatic carbocycles. The van der Waals surface area contributed by atoms with Crippen molar-refractivity contribution >= 4 is 11.6 Å². The van der Waals surface area contributed by atoms with Crippen LogP contribution < -0.4 is 5.73 Å². The molecule has 1 aromatic heterocycles. The zero-order valence-electron chi connectivity index (χ0n) is 8.07. The monoisotopic (exact) mass is 217 g/mol. The van der Waals surface area contributed by atoms with Crippen LogP contribution in [0, 0.1) is 6.07 Å². The highest BCUT2D eigenvalue weighted by molar-refractivity contribution is 6.31. The molecule has 0 saturated carbocycles. The van der Waals surface area contributed by atoms with E-state index in [4.69, 9.17) is 17.3 Å². The molecule has 2 rings (SSSR count). The molecule has 2 nitrogen and oxygen atoms in total. The third-order valence-corrected chi connectivity index (χ3v) is 2.55. The molecule has 0 aliphatic rings. The minimum absolute atomic E-state index is 0.436. The molecular weight excluding hydrogens is 208 g/mol. The van der Waals surface area contributed by atoms with E-state index in [-0.39, 0.29) is 0 Å². The van der Waals surface area contributed by atoms with E-state index in [1.807, 2.05) is 30.3 Å². The van der Waals surface area contributed by atoms with Gasteiger partial charge in [0.1, 0.15) is 0 Å². The summed E-state index contributed by atoms with van der Waals surface area (Å²) in [5.41, 5.74) is 8.45. The second-order valence-electron chi connectivity index (χ2n) is 3.15. The van der Waals surface area contributed by atoms with Gasteiger partial charge >= 0.3 is 0 Å². The largest absolute Gasteiger partial charge is 0.326 e.